The van der Waals surface area contributed by atoms with Crippen molar-refractivity contribution in [3.05, 3.63) is 58.7 Å². The van der Waals surface area contributed by atoms with E-state index in [4.69, 9.17) is 4.99 Å². The molecule has 2 aromatic carbocycles. The molecular formula is C21H22N2O3S. The van der Waals surface area contributed by atoms with Crippen LogP contribution in [0.3, 0.4) is 0 Å². The molecule has 5 nitrogen and oxygen atoms in total. The third-order valence-electron chi connectivity index (χ3n) is 5.60. The van der Waals surface area contributed by atoms with Crippen molar-refractivity contribution in [2.45, 2.75) is 32.1 Å². The van der Waals surface area contributed by atoms with Crippen molar-refractivity contribution < 1.29 is 13.2 Å². The first-order valence-electron chi connectivity index (χ1n) is 9.08. The van der Waals surface area contributed by atoms with Crippen molar-refractivity contribution in [1.29, 1.82) is 0 Å². The van der Waals surface area contributed by atoms with Gasteiger partial charge in [-0.1, -0.05) is 23.8 Å². The van der Waals surface area contributed by atoms with Crippen LogP contribution in [-0.2, 0) is 10.0 Å². The number of hydrogen-bond donors (Lipinski definition) is 0. The Labute approximate surface area is 159 Å². The van der Waals surface area contributed by atoms with E-state index in [1.54, 1.807) is 24.3 Å². The molecule has 0 radical (unpaired) electrons. The number of hydrogen-bond acceptors (Lipinski definition) is 4. The topological polar surface area (TPSA) is 66.8 Å². The number of aliphatic imine (C=N–C) groups is 1. The van der Waals surface area contributed by atoms with E-state index < -0.39 is 15.9 Å². The number of piperidine rings is 1. The Balaban J connectivity index is 1.68. The minimum atomic E-state index is -3.62. The first kappa shape index (κ1) is 18.1. The molecule has 27 heavy (non-hydrogen) atoms. The number of ketones is 1. The van der Waals surface area contributed by atoms with Gasteiger partial charge in [0.15, 0.2) is 5.78 Å². The Hall–Kier alpha value is -2.31. The maximum absolute atomic E-state index is 13.1. The first-order valence-corrected chi connectivity index (χ1v) is 10.5. The second-order valence-corrected chi connectivity index (χ2v) is 9.29. The molecule has 6 heteroatoms. The number of benzene rings is 2. The highest BCUT2D eigenvalue weighted by atomic mass is 32.2. The van der Waals surface area contributed by atoms with Gasteiger partial charge in [-0.15, -0.1) is 0 Å². The summed E-state index contributed by atoms with van der Waals surface area (Å²) >= 11 is 0. The smallest absolute Gasteiger partial charge is 0.243 e. The summed E-state index contributed by atoms with van der Waals surface area (Å²) in [6.07, 6.45) is 0.480. The van der Waals surface area contributed by atoms with Gasteiger partial charge in [0, 0.05) is 30.8 Å². The van der Waals surface area contributed by atoms with Crippen molar-refractivity contribution in [1.82, 2.24) is 4.31 Å². The highest BCUT2D eigenvalue weighted by molar-refractivity contribution is 7.89. The van der Waals surface area contributed by atoms with E-state index >= 15 is 0 Å². The second kappa shape index (κ2) is 6.39. The number of carbonyl (C=O) groups is 1. The molecule has 0 N–H and O–H groups in total. The zero-order chi connectivity index (χ0) is 19.3. The lowest BCUT2D eigenvalue weighted by atomic mass is 9.84. The van der Waals surface area contributed by atoms with Gasteiger partial charge in [0.05, 0.1) is 16.5 Å². The standard InChI is InChI=1S/C21H22N2O3S/c1-13-4-7-16(8-5-13)27(25,26)23-11-10-19-18(12-23)21(24)17-9-6-14(2)15(3)20(17)22-19/h4-9,18H,10-12H2,1-3H3. The molecule has 2 aliphatic rings. The maximum Gasteiger partial charge on any atom is 0.243 e. The fraction of sp³-hybridized carbons (Fsp3) is 0.333. The number of nitrogens with zero attached hydrogens (tertiary/aromatic N) is 2. The van der Waals surface area contributed by atoms with Crippen molar-refractivity contribution in [2.24, 2.45) is 10.9 Å². The minimum Gasteiger partial charge on any atom is -0.293 e. The van der Waals surface area contributed by atoms with E-state index in [1.807, 2.05) is 32.9 Å². The molecule has 1 unspecified atom stereocenters. The molecule has 1 fully saturated rings. The molecular weight excluding hydrogens is 360 g/mol. The van der Waals surface area contributed by atoms with Crippen molar-refractivity contribution in [3.63, 3.8) is 0 Å². The molecule has 1 atom stereocenters. The van der Waals surface area contributed by atoms with Gasteiger partial charge in [-0.3, -0.25) is 9.79 Å². The molecule has 0 aliphatic carbocycles. The number of sulfonamides is 1. The minimum absolute atomic E-state index is 0.0260. The van der Waals surface area contributed by atoms with Gasteiger partial charge in [-0.2, -0.15) is 4.31 Å². The van der Waals surface area contributed by atoms with Crippen LogP contribution in [0.1, 0.15) is 33.5 Å². The summed E-state index contributed by atoms with van der Waals surface area (Å²) in [4.78, 5) is 18.1. The molecule has 4 rings (SSSR count). The van der Waals surface area contributed by atoms with Gasteiger partial charge < -0.3 is 0 Å². The van der Waals surface area contributed by atoms with E-state index in [0.717, 1.165) is 28.1 Å². The van der Waals surface area contributed by atoms with Crippen LogP contribution in [-0.4, -0.2) is 37.3 Å². The second-order valence-electron chi connectivity index (χ2n) is 7.35. The van der Waals surface area contributed by atoms with E-state index in [0.29, 0.717) is 18.5 Å². The molecule has 1 saturated heterocycles. The van der Waals surface area contributed by atoms with E-state index in [2.05, 4.69) is 0 Å². The van der Waals surface area contributed by atoms with Gasteiger partial charge in [0.1, 0.15) is 0 Å². The normalized spacial score (nSPS) is 20.0. The van der Waals surface area contributed by atoms with Crippen LogP contribution in [0.4, 0.5) is 5.69 Å². The quantitative estimate of drug-likeness (QED) is 0.797. The third kappa shape index (κ3) is 2.93. The Morgan fingerprint density at radius 3 is 2.44 bits per heavy atom. The third-order valence-corrected chi connectivity index (χ3v) is 7.48. The Morgan fingerprint density at radius 1 is 1.04 bits per heavy atom. The number of rotatable bonds is 2. The van der Waals surface area contributed by atoms with Gasteiger partial charge in [0.2, 0.25) is 10.0 Å². The van der Waals surface area contributed by atoms with Crippen molar-refractivity contribution in [3.8, 4) is 0 Å². The fourth-order valence-electron chi connectivity index (χ4n) is 3.73. The molecule has 2 aliphatic heterocycles. The van der Waals surface area contributed by atoms with Crippen LogP contribution < -0.4 is 0 Å². The predicted molar refractivity (Wildman–Crippen MR) is 105 cm³/mol. The number of Topliss-reactive ketones (excluding diaryl/α,β-unsaturated/α-hetero) is 1. The maximum atomic E-state index is 13.1. The van der Waals surface area contributed by atoms with Gasteiger partial charge in [-0.25, -0.2) is 8.42 Å². The molecule has 2 heterocycles. The van der Waals surface area contributed by atoms with Crippen LogP contribution in [0.5, 0.6) is 0 Å². The SMILES string of the molecule is Cc1ccc(S(=O)(=O)N2CCC3=Nc4c(ccc(C)c4C)C(=O)C3C2)cc1. The highest BCUT2D eigenvalue weighted by Crippen LogP contribution is 2.36. The molecule has 0 aromatic heterocycles. The van der Waals surface area contributed by atoms with Gasteiger partial charge >= 0.3 is 0 Å². The largest absolute Gasteiger partial charge is 0.293 e. The molecule has 2 aromatic rings. The highest BCUT2D eigenvalue weighted by Gasteiger charge is 2.40. The molecule has 0 amide bonds. The number of fused-ring (bicyclic) bond motifs is 2. The zero-order valence-corrected chi connectivity index (χ0v) is 16.5. The lowest BCUT2D eigenvalue weighted by Gasteiger charge is -2.35. The monoisotopic (exact) mass is 382 g/mol. The Kier molecular flexibility index (Phi) is 4.28. The average molecular weight is 382 g/mol. The van der Waals surface area contributed by atoms with Crippen LogP contribution in [0.15, 0.2) is 46.3 Å². The number of carbonyl (C=O) groups excluding carboxylic acids is 1. The summed E-state index contributed by atoms with van der Waals surface area (Å²) in [5.41, 5.74) is 5.27. The summed E-state index contributed by atoms with van der Waals surface area (Å²) in [5.74, 6) is -0.518. The van der Waals surface area contributed by atoms with Crippen molar-refractivity contribution >= 4 is 27.2 Å². The van der Waals surface area contributed by atoms with E-state index in [1.165, 1.54) is 4.31 Å². The van der Waals surface area contributed by atoms with Crippen LogP contribution >= 0.6 is 0 Å². The molecule has 140 valence electrons. The van der Waals surface area contributed by atoms with Crippen molar-refractivity contribution in [2.75, 3.05) is 13.1 Å². The van der Waals surface area contributed by atoms with E-state index in [9.17, 15) is 13.2 Å². The summed E-state index contributed by atoms with van der Waals surface area (Å²) in [5, 5.41) is 0. The lowest BCUT2D eigenvalue weighted by Crippen LogP contribution is -2.47. The lowest BCUT2D eigenvalue weighted by molar-refractivity contribution is 0.0935. The predicted octanol–water partition coefficient (Wildman–Crippen LogP) is 3.59. The number of aryl methyl sites for hydroxylation is 2. The van der Waals surface area contributed by atoms with Crippen LogP contribution in [0, 0.1) is 26.7 Å². The summed E-state index contributed by atoms with van der Waals surface area (Å²) in [6.45, 7) is 6.40. The average Bonchev–Trinajstić information content (AvgIpc) is 2.65. The zero-order valence-electron chi connectivity index (χ0n) is 15.7. The summed E-state index contributed by atoms with van der Waals surface area (Å²) < 4.78 is 27.4. The Bertz CT molecular complexity index is 1070. The van der Waals surface area contributed by atoms with E-state index in [-0.39, 0.29) is 17.2 Å². The van der Waals surface area contributed by atoms with Gasteiger partial charge in [0.25, 0.3) is 0 Å². The summed E-state index contributed by atoms with van der Waals surface area (Å²) in [7, 11) is -3.62. The van der Waals surface area contributed by atoms with Crippen LogP contribution in [0.2, 0.25) is 0 Å². The van der Waals surface area contributed by atoms with Crippen LogP contribution in [0.25, 0.3) is 0 Å². The fourth-order valence-corrected chi connectivity index (χ4v) is 5.19. The molecule has 0 bridgehead atoms. The molecule has 0 spiro atoms. The van der Waals surface area contributed by atoms with Gasteiger partial charge in [-0.05, 0) is 50.1 Å². The summed E-state index contributed by atoms with van der Waals surface area (Å²) in [6, 6.07) is 10.6. The Morgan fingerprint density at radius 2 is 1.74 bits per heavy atom. The molecule has 0 saturated carbocycles. The first-order chi connectivity index (χ1) is 12.8.